The van der Waals surface area contributed by atoms with E-state index in [1.54, 1.807) is 0 Å². The van der Waals surface area contributed by atoms with Gasteiger partial charge in [-0.05, 0) is 38.6 Å². The highest BCUT2D eigenvalue weighted by Crippen LogP contribution is 2.24. The van der Waals surface area contributed by atoms with Crippen molar-refractivity contribution in [2.45, 2.75) is 27.3 Å². The van der Waals surface area contributed by atoms with E-state index in [-0.39, 0.29) is 0 Å². The third-order valence-corrected chi connectivity index (χ3v) is 2.21. The zero-order valence-corrected chi connectivity index (χ0v) is 10.4. The summed E-state index contributed by atoms with van der Waals surface area (Å²) in [5.74, 6) is 1.84. The van der Waals surface area contributed by atoms with Crippen molar-refractivity contribution in [2.24, 2.45) is 0 Å². The first-order valence-corrected chi connectivity index (χ1v) is 5.91. The molecule has 0 aliphatic heterocycles. The Hall–Kier alpha value is -1.22. The average molecular weight is 223 g/mol. The summed E-state index contributed by atoms with van der Waals surface area (Å²) in [6, 6.07) is 5.96. The smallest absolute Gasteiger partial charge is 0.124 e. The van der Waals surface area contributed by atoms with E-state index in [0.29, 0.717) is 13.2 Å². The van der Waals surface area contributed by atoms with Gasteiger partial charge in [0.15, 0.2) is 0 Å². The van der Waals surface area contributed by atoms with Crippen molar-refractivity contribution >= 4 is 0 Å². The molecule has 0 aromatic heterocycles. The van der Waals surface area contributed by atoms with E-state index in [1.807, 2.05) is 32.0 Å². The van der Waals surface area contributed by atoms with Crippen molar-refractivity contribution in [1.29, 1.82) is 0 Å². The van der Waals surface area contributed by atoms with Gasteiger partial charge in [-0.15, -0.1) is 0 Å². The van der Waals surface area contributed by atoms with Crippen LogP contribution in [0.15, 0.2) is 18.2 Å². The summed E-state index contributed by atoms with van der Waals surface area (Å²) in [7, 11) is 0. The molecule has 0 amide bonds. The van der Waals surface area contributed by atoms with E-state index in [2.05, 4.69) is 12.2 Å². The number of nitrogens with one attached hydrogen (secondary N) is 1. The van der Waals surface area contributed by atoms with Gasteiger partial charge in [0.1, 0.15) is 11.5 Å². The maximum atomic E-state index is 5.57. The van der Waals surface area contributed by atoms with E-state index in [4.69, 9.17) is 9.47 Å². The van der Waals surface area contributed by atoms with Crippen molar-refractivity contribution < 1.29 is 9.47 Å². The number of ether oxygens (including phenoxy) is 2. The van der Waals surface area contributed by atoms with Gasteiger partial charge in [-0.1, -0.05) is 6.92 Å². The van der Waals surface area contributed by atoms with E-state index >= 15 is 0 Å². The van der Waals surface area contributed by atoms with Crippen molar-refractivity contribution in [2.75, 3.05) is 19.8 Å². The standard InChI is InChI=1S/C13H21NO2/c1-4-14-10-11-9-12(15-5-2)7-8-13(11)16-6-3/h7-9,14H,4-6,10H2,1-3H3. The molecule has 0 saturated heterocycles. The van der Waals surface area contributed by atoms with Crippen LogP contribution in [-0.2, 0) is 6.54 Å². The third-order valence-electron chi connectivity index (χ3n) is 2.21. The SMILES string of the molecule is CCNCc1cc(OCC)ccc1OCC. The molecule has 0 saturated carbocycles. The molecular weight excluding hydrogens is 202 g/mol. The summed E-state index contributed by atoms with van der Waals surface area (Å²) in [4.78, 5) is 0. The molecule has 0 aliphatic carbocycles. The normalized spacial score (nSPS) is 10.2. The molecule has 1 aromatic rings. The van der Waals surface area contributed by atoms with Crippen molar-refractivity contribution in [3.8, 4) is 11.5 Å². The lowest BCUT2D eigenvalue weighted by Gasteiger charge is -2.12. The summed E-state index contributed by atoms with van der Waals surface area (Å²) in [6.07, 6.45) is 0. The van der Waals surface area contributed by atoms with Gasteiger partial charge in [0, 0.05) is 12.1 Å². The monoisotopic (exact) mass is 223 g/mol. The molecule has 16 heavy (non-hydrogen) atoms. The Morgan fingerprint density at radius 2 is 1.81 bits per heavy atom. The van der Waals surface area contributed by atoms with Gasteiger partial charge in [0.05, 0.1) is 13.2 Å². The Bertz CT molecular complexity index is 313. The molecule has 1 aromatic carbocycles. The molecule has 0 aliphatic rings. The van der Waals surface area contributed by atoms with Crippen molar-refractivity contribution in [1.82, 2.24) is 5.32 Å². The van der Waals surface area contributed by atoms with Crippen LogP contribution in [0.4, 0.5) is 0 Å². The molecule has 3 nitrogen and oxygen atoms in total. The molecule has 3 heteroatoms. The highest BCUT2D eigenvalue weighted by atomic mass is 16.5. The molecule has 0 heterocycles. The fourth-order valence-electron chi connectivity index (χ4n) is 1.51. The Kier molecular flexibility index (Phi) is 5.72. The Morgan fingerprint density at radius 3 is 2.44 bits per heavy atom. The fourth-order valence-corrected chi connectivity index (χ4v) is 1.51. The first kappa shape index (κ1) is 12.8. The predicted octanol–water partition coefficient (Wildman–Crippen LogP) is 2.59. The van der Waals surface area contributed by atoms with Crippen LogP contribution in [0.5, 0.6) is 11.5 Å². The topological polar surface area (TPSA) is 30.5 Å². The molecule has 0 atom stereocenters. The molecule has 90 valence electrons. The molecular formula is C13H21NO2. The van der Waals surface area contributed by atoms with Crippen LogP contribution in [-0.4, -0.2) is 19.8 Å². The number of hydrogen-bond acceptors (Lipinski definition) is 3. The molecule has 0 fully saturated rings. The Balaban J connectivity index is 2.82. The second-order valence-electron chi connectivity index (χ2n) is 3.42. The third kappa shape index (κ3) is 3.74. The molecule has 0 radical (unpaired) electrons. The van der Waals surface area contributed by atoms with E-state index in [1.165, 1.54) is 0 Å². The highest BCUT2D eigenvalue weighted by molar-refractivity contribution is 5.40. The quantitative estimate of drug-likeness (QED) is 0.770. The minimum absolute atomic E-state index is 0.688. The van der Waals surface area contributed by atoms with Crippen LogP contribution in [0.1, 0.15) is 26.3 Å². The van der Waals surface area contributed by atoms with Gasteiger partial charge in [-0.25, -0.2) is 0 Å². The van der Waals surface area contributed by atoms with E-state index in [0.717, 1.165) is 30.2 Å². The lowest BCUT2D eigenvalue weighted by molar-refractivity contribution is 0.326. The molecule has 0 unspecified atom stereocenters. The predicted molar refractivity (Wildman–Crippen MR) is 66.2 cm³/mol. The van der Waals surface area contributed by atoms with Gasteiger partial charge >= 0.3 is 0 Å². The summed E-state index contributed by atoms with van der Waals surface area (Å²) in [6.45, 7) is 9.21. The van der Waals surface area contributed by atoms with Crippen LogP contribution in [0.2, 0.25) is 0 Å². The van der Waals surface area contributed by atoms with Crippen LogP contribution in [0, 0.1) is 0 Å². The van der Waals surface area contributed by atoms with Crippen molar-refractivity contribution in [3.05, 3.63) is 23.8 Å². The van der Waals surface area contributed by atoms with Crippen LogP contribution < -0.4 is 14.8 Å². The summed E-state index contributed by atoms with van der Waals surface area (Å²) >= 11 is 0. The lowest BCUT2D eigenvalue weighted by Crippen LogP contribution is -2.13. The molecule has 1 rings (SSSR count). The zero-order valence-electron chi connectivity index (χ0n) is 10.4. The second kappa shape index (κ2) is 7.12. The Labute approximate surface area is 97.8 Å². The maximum Gasteiger partial charge on any atom is 0.124 e. The Morgan fingerprint density at radius 1 is 1.06 bits per heavy atom. The number of rotatable bonds is 7. The van der Waals surface area contributed by atoms with Gasteiger partial charge in [0.25, 0.3) is 0 Å². The van der Waals surface area contributed by atoms with Crippen LogP contribution >= 0.6 is 0 Å². The van der Waals surface area contributed by atoms with Crippen LogP contribution in [0.25, 0.3) is 0 Å². The minimum Gasteiger partial charge on any atom is -0.494 e. The molecule has 0 bridgehead atoms. The number of hydrogen-bond donors (Lipinski definition) is 1. The minimum atomic E-state index is 0.688. The molecule has 1 N–H and O–H groups in total. The number of benzene rings is 1. The van der Waals surface area contributed by atoms with E-state index in [9.17, 15) is 0 Å². The van der Waals surface area contributed by atoms with Crippen molar-refractivity contribution in [3.63, 3.8) is 0 Å². The van der Waals surface area contributed by atoms with Crippen LogP contribution in [0.3, 0.4) is 0 Å². The van der Waals surface area contributed by atoms with Gasteiger partial charge in [-0.2, -0.15) is 0 Å². The first-order valence-electron chi connectivity index (χ1n) is 5.91. The summed E-state index contributed by atoms with van der Waals surface area (Å²) in [5, 5.41) is 3.30. The van der Waals surface area contributed by atoms with Gasteiger partial charge < -0.3 is 14.8 Å². The van der Waals surface area contributed by atoms with Gasteiger partial charge in [0.2, 0.25) is 0 Å². The fraction of sp³-hybridized carbons (Fsp3) is 0.538. The maximum absolute atomic E-state index is 5.57. The molecule has 0 spiro atoms. The largest absolute Gasteiger partial charge is 0.494 e. The second-order valence-corrected chi connectivity index (χ2v) is 3.42. The van der Waals surface area contributed by atoms with Gasteiger partial charge in [-0.3, -0.25) is 0 Å². The highest BCUT2D eigenvalue weighted by Gasteiger charge is 2.04. The lowest BCUT2D eigenvalue weighted by atomic mass is 10.2. The van der Waals surface area contributed by atoms with E-state index < -0.39 is 0 Å². The first-order chi connectivity index (χ1) is 7.81. The average Bonchev–Trinajstić information content (AvgIpc) is 2.30. The summed E-state index contributed by atoms with van der Waals surface area (Å²) in [5.41, 5.74) is 1.15. The zero-order chi connectivity index (χ0) is 11.8. The summed E-state index contributed by atoms with van der Waals surface area (Å²) < 4.78 is 11.0.